The van der Waals surface area contributed by atoms with Crippen LogP contribution in [0.1, 0.15) is 102 Å². The molecule has 0 unspecified atom stereocenters. The van der Waals surface area contributed by atoms with Gasteiger partial charge in [0.1, 0.15) is 18.1 Å². The Bertz CT molecular complexity index is 936. The lowest BCUT2D eigenvalue weighted by Crippen LogP contribution is -2.28. The molecule has 0 aliphatic heterocycles. The molecule has 1 fully saturated rings. The Morgan fingerprint density at radius 3 is 2.41 bits per heavy atom. The van der Waals surface area contributed by atoms with E-state index in [1.807, 2.05) is 24.3 Å². The van der Waals surface area contributed by atoms with Crippen LogP contribution in [0, 0.1) is 17.3 Å². The number of nitrogens with two attached hydrogens (primary N) is 2. The number of ether oxygens (including phenoxy) is 1. The van der Waals surface area contributed by atoms with Crippen molar-refractivity contribution in [1.82, 2.24) is 0 Å². The van der Waals surface area contributed by atoms with Crippen LogP contribution in [0.15, 0.2) is 35.9 Å². The highest BCUT2D eigenvalue weighted by atomic mass is 16.5. The minimum absolute atomic E-state index is 0.0238. The van der Waals surface area contributed by atoms with Crippen LogP contribution in [0.4, 0.5) is 0 Å². The number of Topliss-reactive ketones (excluding diaryl/α,β-unsaturated/α-hetero) is 1. The largest absolute Gasteiger partial charge is 0.489 e. The number of hydrogen-bond acceptors (Lipinski definition) is 5. The Morgan fingerprint density at radius 2 is 1.81 bits per heavy atom. The number of carbonyl (C=O) groups is 2. The molecule has 5 N–H and O–H groups in total. The summed E-state index contributed by atoms with van der Waals surface area (Å²) in [5.41, 5.74) is 13.6. The molecule has 0 heterocycles. The van der Waals surface area contributed by atoms with Gasteiger partial charge in [0.05, 0.1) is 18.4 Å². The quantitative estimate of drug-likeness (QED) is 0.199. The van der Waals surface area contributed by atoms with E-state index >= 15 is 0 Å². The maximum absolute atomic E-state index is 11.0. The molecule has 6 heteroatoms. The summed E-state index contributed by atoms with van der Waals surface area (Å²) < 4.78 is 6.03. The maximum atomic E-state index is 11.0. The van der Waals surface area contributed by atoms with Crippen molar-refractivity contribution in [2.24, 2.45) is 16.9 Å². The number of aliphatic carboxylic acids is 1. The van der Waals surface area contributed by atoms with Gasteiger partial charge in [0.15, 0.2) is 0 Å². The fourth-order valence-electron chi connectivity index (χ4n) is 5.35. The Hall–Kier alpha value is -2.62. The van der Waals surface area contributed by atoms with Crippen LogP contribution in [0.25, 0.3) is 0 Å². The van der Waals surface area contributed by atoms with Crippen molar-refractivity contribution in [1.29, 1.82) is 0 Å². The highest BCUT2D eigenvalue weighted by Crippen LogP contribution is 2.47. The number of rotatable bonds is 11. The van der Waals surface area contributed by atoms with Gasteiger partial charge in [-0.25, -0.2) is 0 Å². The average Bonchev–Trinajstić information content (AvgIpc) is 2.88. The van der Waals surface area contributed by atoms with Crippen molar-refractivity contribution in [3.63, 3.8) is 0 Å². The monoisotopic (exact) mass is 510 g/mol. The first-order chi connectivity index (χ1) is 17.8. The van der Waals surface area contributed by atoms with Crippen molar-refractivity contribution in [2.45, 2.75) is 103 Å². The van der Waals surface area contributed by atoms with E-state index in [2.05, 4.69) is 17.9 Å². The average molecular weight is 511 g/mol. The molecular formula is C31H46N2O4. The first-order valence-electron chi connectivity index (χ1n) is 13.8. The molecule has 2 atom stereocenters. The molecule has 6 nitrogen and oxygen atoms in total. The molecule has 1 aromatic rings. The first-order valence-corrected chi connectivity index (χ1v) is 13.8. The number of unbranched alkanes of at least 4 members (excludes halogenated alkanes) is 1. The molecule has 37 heavy (non-hydrogen) atoms. The molecule has 0 amide bonds. The van der Waals surface area contributed by atoms with Crippen molar-refractivity contribution >= 4 is 11.8 Å². The van der Waals surface area contributed by atoms with Crippen LogP contribution in [-0.2, 0) is 9.59 Å². The molecule has 3 rings (SSSR count). The number of benzene rings is 1. The van der Waals surface area contributed by atoms with E-state index in [-0.39, 0.29) is 24.2 Å². The molecule has 1 aromatic carbocycles. The lowest BCUT2D eigenvalue weighted by Gasteiger charge is -2.40. The van der Waals surface area contributed by atoms with Crippen LogP contribution in [-0.4, -0.2) is 36.1 Å². The summed E-state index contributed by atoms with van der Waals surface area (Å²) in [7, 11) is 0. The molecule has 0 aromatic heterocycles. The minimum Gasteiger partial charge on any atom is -0.489 e. The van der Waals surface area contributed by atoms with Crippen LogP contribution < -0.4 is 16.2 Å². The number of allylic oxidation sites excluding steroid dienone is 1. The standard InChI is InChI=1S/C24H30O3.C7H16N2O/c1-2-7-21(16-23(25)26)20-9-11-22(12-10-20)27-18-19-8-6-15-24(17-19)13-4-3-5-14-24;1-6(10)7(9)4-2-3-5-8/h8-12,21H,3-6,13-18H2,1H3,(H,25,26);7H,2-5,8-9H2,1H3/t21-;7-/m00/s1. The maximum Gasteiger partial charge on any atom is 0.304 e. The molecule has 1 saturated carbocycles. The van der Waals surface area contributed by atoms with Gasteiger partial charge in [-0.15, -0.1) is 5.92 Å². The number of carbonyl (C=O) groups excluding carboxylic acids is 1. The zero-order valence-electron chi connectivity index (χ0n) is 22.8. The number of carboxylic acid groups (broad SMARTS) is 1. The summed E-state index contributed by atoms with van der Waals surface area (Å²) in [6.07, 6.45) is 15.7. The SMILES string of the molecule is CC#C[C@@H](CC(=O)O)c1ccc(OCC2=CCCC3(CCCCC3)C2)cc1.CC(=O)[C@@H](N)CCCCN. The van der Waals surface area contributed by atoms with E-state index in [4.69, 9.17) is 21.3 Å². The van der Waals surface area contributed by atoms with Gasteiger partial charge in [0.2, 0.25) is 0 Å². The summed E-state index contributed by atoms with van der Waals surface area (Å²) in [6, 6.07) is 7.46. The highest BCUT2D eigenvalue weighted by molar-refractivity contribution is 5.81. The third-order valence-electron chi connectivity index (χ3n) is 7.52. The van der Waals surface area contributed by atoms with Gasteiger partial charge in [0.25, 0.3) is 0 Å². The van der Waals surface area contributed by atoms with Gasteiger partial charge in [-0.2, -0.15) is 0 Å². The fourth-order valence-corrected chi connectivity index (χ4v) is 5.35. The van der Waals surface area contributed by atoms with Gasteiger partial charge in [-0.05, 0) is 94.0 Å². The minimum atomic E-state index is -0.830. The number of carboxylic acids is 1. The molecule has 1 spiro atoms. The number of ketones is 1. The Kier molecular flexibility index (Phi) is 13.5. The molecule has 0 radical (unpaired) electrons. The van der Waals surface area contributed by atoms with E-state index in [0.29, 0.717) is 18.6 Å². The second-order valence-electron chi connectivity index (χ2n) is 10.5. The molecule has 0 bridgehead atoms. The summed E-state index contributed by atoms with van der Waals surface area (Å²) in [5.74, 6) is 5.62. The van der Waals surface area contributed by atoms with Crippen molar-refractivity contribution < 1.29 is 19.4 Å². The summed E-state index contributed by atoms with van der Waals surface area (Å²) in [6.45, 7) is 4.61. The van der Waals surface area contributed by atoms with E-state index < -0.39 is 5.97 Å². The van der Waals surface area contributed by atoms with Gasteiger partial charge in [0, 0.05) is 0 Å². The normalized spacial score (nSPS) is 17.8. The Labute approximate surface area is 223 Å². The topological polar surface area (TPSA) is 116 Å². The predicted octanol–water partition coefficient (Wildman–Crippen LogP) is 5.74. The summed E-state index contributed by atoms with van der Waals surface area (Å²) in [4.78, 5) is 21.6. The van der Waals surface area contributed by atoms with E-state index in [9.17, 15) is 9.59 Å². The lowest BCUT2D eigenvalue weighted by atomic mass is 9.65. The van der Waals surface area contributed by atoms with Gasteiger partial charge in [-0.1, -0.05) is 49.8 Å². The fraction of sp³-hybridized carbons (Fsp3) is 0.613. The Balaban J connectivity index is 0.000000410. The molecule has 2 aliphatic carbocycles. The van der Waals surface area contributed by atoms with Crippen LogP contribution in [0.5, 0.6) is 5.75 Å². The van der Waals surface area contributed by atoms with Gasteiger partial charge in [-0.3, -0.25) is 9.59 Å². The first kappa shape index (κ1) is 30.6. The molecule has 204 valence electrons. The van der Waals surface area contributed by atoms with E-state index in [1.54, 1.807) is 6.92 Å². The molecule has 2 aliphatic rings. The van der Waals surface area contributed by atoms with Crippen molar-refractivity contribution in [3.05, 3.63) is 41.5 Å². The second kappa shape index (κ2) is 16.3. The van der Waals surface area contributed by atoms with E-state index in [0.717, 1.165) is 30.6 Å². The summed E-state index contributed by atoms with van der Waals surface area (Å²) in [5, 5.41) is 9.06. The van der Waals surface area contributed by atoms with Gasteiger partial charge < -0.3 is 21.3 Å². The van der Waals surface area contributed by atoms with Crippen LogP contribution in [0.2, 0.25) is 0 Å². The Morgan fingerprint density at radius 1 is 1.11 bits per heavy atom. The van der Waals surface area contributed by atoms with Crippen LogP contribution in [0.3, 0.4) is 0 Å². The molecule has 0 saturated heterocycles. The van der Waals surface area contributed by atoms with Gasteiger partial charge >= 0.3 is 5.97 Å². The zero-order valence-corrected chi connectivity index (χ0v) is 22.8. The van der Waals surface area contributed by atoms with E-state index in [1.165, 1.54) is 63.9 Å². The third kappa shape index (κ3) is 11.1. The third-order valence-corrected chi connectivity index (χ3v) is 7.52. The second-order valence-corrected chi connectivity index (χ2v) is 10.5. The lowest BCUT2D eigenvalue weighted by molar-refractivity contribution is -0.137. The zero-order chi connectivity index (χ0) is 27.1. The smallest absolute Gasteiger partial charge is 0.304 e. The molecular weight excluding hydrogens is 464 g/mol. The number of hydrogen-bond donors (Lipinski definition) is 3. The highest BCUT2D eigenvalue weighted by Gasteiger charge is 2.34. The van der Waals surface area contributed by atoms with Crippen molar-refractivity contribution in [3.8, 4) is 17.6 Å². The predicted molar refractivity (Wildman–Crippen MR) is 149 cm³/mol. The van der Waals surface area contributed by atoms with Crippen LogP contribution >= 0.6 is 0 Å². The summed E-state index contributed by atoms with van der Waals surface area (Å²) >= 11 is 0. The van der Waals surface area contributed by atoms with Crippen molar-refractivity contribution in [2.75, 3.05) is 13.2 Å².